The standard InChI is InChI=1S/C20H20ClNO5/c1-3-12-13(5-4-6-16(12)26-2)19-14-9-11(21)7-8-15(14)22-20(25)17(27-19)10-18(23)24/h4-9,17,19H,3,10H2,1-2H3,(H,22,25)(H,23,24). The number of fused-ring (bicyclic) bond motifs is 1. The maximum absolute atomic E-state index is 12.5. The van der Waals surface area contributed by atoms with Gasteiger partial charge in [0.1, 0.15) is 18.0 Å². The van der Waals surface area contributed by atoms with E-state index in [1.807, 2.05) is 25.1 Å². The van der Waals surface area contributed by atoms with E-state index in [4.69, 9.17) is 21.1 Å². The van der Waals surface area contributed by atoms with Crippen molar-refractivity contribution in [3.8, 4) is 5.75 Å². The van der Waals surface area contributed by atoms with Crippen LogP contribution in [0.4, 0.5) is 5.69 Å². The van der Waals surface area contributed by atoms with Gasteiger partial charge < -0.3 is 19.9 Å². The Balaban J connectivity index is 2.18. The van der Waals surface area contributed by atoms with Gasteiger partial charge in [0.2, 0.25) is 0 Å². The van der Waals surface area contributed by atoms with Crippen LogP contribution in [0.1, 0.15) is 36.1 Å². The first-order valence-corrected chi connectivity index (χ1v) is 8.95. The van der Waals surface area contributed by atoms with Crippen molar-refractivity contribution in [3.05, 3.63) is 58.1 Å². The van der Waals surface area contributed by atoms with Crippen LogP contribution in [0.15, 0.2) is 36.4 Å². The summed E-state index contributed by atoms with van der Waals surface area (Å²) in [6, 6.07) is 10.7. The highest BCUT2D eigenvalue weighted by Crippen LogP contribution is 2.40. The molecule has 142 valence electrons. The van der Waals surface area contributed by atoms with E-state index in [1.165, 1.54) is 0 Å². The van der Waals surface area contributed by atoms with Crippen LogP contribution in [-0.2, 0) is 20.7 Å². The molecule has 0 bridgehead atoms. The van der Waals surface area contributed by atoms with E-state index in [0.717, 1.165) is 11.1 Å². The number of hydrogen-bond donors (Lipinski definition) is 2. The Kier molecular flexibility index (Phi) is 5.68. The molecule has 2 unspecified atom stereocenters. The van der Waals surface area contributed by atoms with Gasteiger partial charge in [-0.15, -0.1) is 0 Å². The number of anilines is 1. The van der Waals surface area contributed by atoms with Crippen LogP contribution in [-0.4, -0.2) is 30.2 Å². The monoisotopic (exact) mass is 389 g/mol. The molecule has 27 heavy (non-hydrogen) atoms. The minimum Gasteiger partial charge on any atom is -0.496 e. The molecule has 3 rings (SSSR count). The summed E-state index contributed by atoms with van der Waals surface area (Å²) in [5.74, 6) is -0.899. The Morgan fingerprint density at radius 2 is 2.07 bits per heavy atom. The summed E-state index contributed by atoms with van der Waals surface area (Å²) in [5, 5.41) is 12.4. The molecule has 1 heterocycles. The molecule has 6 nitrogen and oxygen atoms in total. The number of carboxylic acid groups (broad SMARTS) is 1. The topological polar surface area (TPSA) is 84.9 Å². The van der Waals surface area contributed by atoms with Gasteiger partial charge in [0, 0.05) is 16.3 Å². The second-order valence-corrected chi connectivity index (χ2v) is 6.64. The van der Waals surface area contributed by atoms with Gasteiger partial charge >= 0.3 is 5.97 Å². The fraction of sp³-hybridized carbons (Fsp3) is 0.300. The van der Waals surface area contributed by atoms with Gasteiger partial charge in [0.05, 0.1) is 13.5 Å². The number of nitrogens with one attached hydrogen (secondary N) is 1. The molecular formula is C20H20ClNO5. The summed E-state index contributed by atoms with van der Waals surface area (Å²) >= 11 is 6.18. The Morgan fingerprint density at radius 1 is 1.30 bits per heavy atom. The van der Waals surface area contributed by atoms with Crippen molar-refractivity contribution >= 4 is 29.2 Å². The molecule has 7 heteroatoms. The van der Waals surface area contributed by atoms with Gasteiger partial charge in [-0.25, -0.2) is 0 Å². The highest BCUT2D eigenvalue weighted by atomic mass is 35.5. The maximum Gasteiger partial charge on any atom is 0.306 e. The predicted octanol–water partition coefficient (Wildman–Crippen LogP) is 3.81. The largest absolute Gasteiger partial charge is 0.496 e. The second kappa shape index (κ2) is 7.98. The lowest BCUT2D eigenvalue weighted by Gasteiger charge is -2.24. The number of carboxylic acids is 1. The SMILES string of the molecule is CCc1c(OC)cccc1C1OC(CC(=O)O)C(=O)Nc2ccc(Cl)cc21. The molecule has 2 aromatic rings. The lowest BCUT2D eigenvalue weighted by molar-refractivity contribution is -0.146. The summed E-state index contributed by atoms with van der Waals surface area (Å²) in [6.45, 7) is 2.00. The number of aliphatic carboxylic acids is 1. The lowest BCUT2D eigenvalue weighted by Crippen LogP contribution is -2.31. The van der Waals surface area contributed by atoms with Gasteiger partial charge in [-0.2, -0.15) is 0 Å². The van der Waals surface area contributed by atoms with Gasteiger partial charge in [0.15, 0.2) is 0 Å². The first kappa shape index (κ1) is 19.2. The fourth-order valence-electron chi connectivity index (χ4n) is 3.32. The Bertz CT molecular complexity index is 883. The molecule has 0 saturated heterocycles. The van der Waals surface area contributed by atoms with Gasteiger partial charge in [-0.05, 0) is 41.8 Å². The molecule has 1 aliphatic heterocycles. The molecule has 2 N–H and O–H groups in total. The lowest BCUT2D eigenvalue weighted by atomic mass is 9.93. The highest BCUT2D eigenvalue weighted by Gasteiger charge is 2.34. The second-order valence-electron chi connectivity index (χ2n) is 6.21. The number of carbonyl (C=O) groups is 2. The highest BCUT2D eigenvalue weighted by molar-refractivity contribution is 6.30. The molecule has 0 saturated carbocycles. The Morgan fingerprint density at radius 3 is 2.74 bits per heavy atom. The molecule has 0 spiro atoms. The van der Waals surface area contributed by atoms with E-state index in [1.54, 1.807) is 25.3 Å². The Labute approximate surface area is 162 Å². The molecule has 1 aliphatic rings. The minimum atomic E-state index is -1.13. The van der Waals surface area contributed by atoms with Gasteiger partial charge in [-0.3, -0.25) is 9.59 Å². The van der Waals surface area contributed by atoms with Crippen LogP contribution in [0.2, 0.25) is 5.02 Å². The molecule has 2 atom stereocenters. The third-order valence-electron chi connectivity index (χ3n) is 4.53. The van der Waals surface area contributed by atoms with Crippen LogP contribution >= 0.6 is 11.6 Å². The van der Waals surface area contributed by atoms with E-state index in [0.29, 0.717) is 28.4 Å². The zero-order valence-electron chi connectivity index (χ0n) is 15.0. The van der Waals surface area contributed by atoms with Crippen molar-refractivity contribution in [2.24, 2.45) is 0 Å². The summed E-state index contributed by atoms with van der Waals surface area (Å²) in [4.78, 5) is 23.7. The van der Waals surface area contributed by atoms with E-state index >= 15 is 0 Å². The van der Waals surface area contributed by atoms with Gasteiger partial charge in [-0.1, -0.05) is 30.7 Å². The van der Waals surface area contributed by atoms with Crippen molar-refractivity contribution in [1.29, 1.82) is 0 Å². The molecule has 0 aliphatic carbocycles. The van der Waals surface area contributed by atoms with Crippen molar-refractivity contribution in [2.75, 3.05) is 12.4 Å². The molecule has 0 radical (unpaired) electrons. The van der Waals surface area contributed by atoms with Crippen LogP contribution < -0.4 is 10.1 Å². The number of benzene rings is 2. The molecule has 1 amide bonds. The maximum atomic E-state index is 12.5. The number of rotatable bonds is 5. The minimum absolute atomic E-state index is 0.435. The van der Waals surface area contributed by atoms with Crippen LogP contribution in [0.25, 0.3) is 0 Å². The summed E-state index contributed by atoms with van der Waals surface area (Å²) in [5.41, 5.74) is 2.96. The van der Waals surface area contributed by atoms with Crippen molar-refractivity contribution in [3.63, 3.8) is 0 Å². The number of amides is 1. The molecule has 0 aromatic heterocycles. The third-order valence-corrected chi connectivity index (χ3v) is 4.77. The summed E-state index contributed by atoms with van der Waals surface area (Å²) in [7, 11) is 1.59. The summed E-state index contributed by atoms with van der Waals surface area (Å²) in [6.07, 6.45) is -1.54. The third kappa shape index (κ3) is 3.91. The summed E-state index contributed by atoms with van der Waals surface area (Å²) < 4.78 is 11.5. The van der Waals surface area contributed by atoms with E-state index in [-0.39, 0.29) is 0 Å². The number of methoxy groups -OCH3 is 1. The van der Waals surface area contributed by atoms with Crippen molar-refractivity contribution in [1.82, 2.24) is 0 Å². The number of carbonyl (C=O) groups excluding carboxylic acids is 1. The van der Waals surface area contributed by atoms with Crippen molar-refractivity contribution in [2.45, 2.75) is 32.0 Å². The average molecular weight is 390 g/mol. The van der Waals surface area contributed by atoms with Crippen molar-refractivity contribution < 1.29 is 24.2 Å². The molecule has 0 fully saturated rings. The first-order valence-electron chi connectivity index (χ1n) is 8.58. The number of hydrogen-bond acceptors (Lipinski definition) is 4. The van der Waals surface area contributed by atoms with Crippen LogP contribution in [0.3, 0.4) is 0 Å². The molecule has 2 aromatic carbocycles. The first-order chi connectivity index (χ1) is 12.9. The fourth-order valence-corrected chi connectivity index (χ4v) is 3.50. The quantitative estimate of drug-likeness (QED) is 0.812. The normalized spacial score (nSPS) is 19.0. The number of halogens is 1. The zero-order valence-corrected chi connectivity index (χ0v) is 15.7. The van der Waals surface area contributed by atoms with Crippen LogP contribution in [0.5, 0.6) is 5.75 Å². The smallest absolute Gasteiger partial charge is 0.306 e. The number of ether oxygens (including phenoxy) is 2. The zero-order chi connectivity index (χ0) is 19.6. The van der Waals surface area contributed by atoms with E-state index < -0.39 is 30.5 Å². The molecular weight excluding hydrogens is 370 g/mol. The average Bonchev–Trinajstić information content (AvgIpc) is 2.77. The van der Waals surface area contributed by atoms with E-state index in [9.17, 15) is 14.7 Å². The van der Waals surface area contributed by atoms with Gasteiger partial charge in [0.25, 0.3) is 5.91 Å². The van der Waals surface area contributed by atoms with Crippen LogP contribution in [0, 0.1) is 0 Å². The Hall–Kier alpha value is -2.57. The van der Waals surface area contributed by atoms with E-state index in [2.05, 4.69) is 5.32 Å². The predicted molar refractivity (Wildman–Crippen MR) is 101 cm³/mol.